The molecular weight excluding hydrogens is 450 g/mol. The number of hydrogen-bond donors (Lipinski definition) is 0. The molecule has 6 heteroatoms. The van der Waals surface area contributed by atoms with Crippen molar-refractivity contribution in [2.45, 2.75) is 71.6 Å². The number of aromatic nitrogens is 2. The van der Waals surface area contributed by atoms with Crippen molar-refractivity contribution in [2.75, 3.05) is 6.61 Å². The number of aryl methyl sites for hydroxylation is 1. The molecule has 188 valence electrons. The number of hydrogen-bond acceptors (Lipinski definition) is 6. The number of ether oxygens (including phenoxy) is 2. The molecule has 0 N–H and O–H groups in total. The molecule has 0 radical (unpaired) electrons. The molecule has 0 spiro atoms. The molecule has 0 saturated carbocycles. The molecule has 1 aromatic heterocycles. The Hall–Kier alpha value is -3.72. The quantitative estimate of drug-likeness (QED) is 0.135. The molecule has 0 aliphatic heterocycles. The zero-order chi connectivity index (χ0) is 25.6. The Morgan fingerprint density at radius 1 is 0.889 bits per heavy atom. The van der Waals surface area contributed by atoms with E-state index in [1.54, 1.807) is 24.3 Å². The fourth-order valence-corrected chi connectivity index (χ4v) is 3.81. The molecule has 0 fully saturated rings. The SMILES string of the molecule is CCCCCCOc1ccc(C(=O)Oc2ccc(-c3ncc(CCCCCC)cn3)cc2)cc1C#N. The monoisotopic (exact) mass is 485 g/mol. The highest BCUT2D eigenvalue weighted by Crippen LogP contribution is 2.23. The van der Waals surface area contributed by atoms with Crippen LogP contribution in [0, 0.1) is 11.3 Å². The third kappa shape index (κ3) is 8.20. The summed E-state index contributed by atoms with van der Waals surface area (Å²) in [5, 5.41) is 9.48. The van der Waals surface area contributed by atoms with Gasteiger partial charge in [0.05, 0.1) is 17.7 Å². The molecule has 0 amide bonds. The average Bonchev–Trinajstić information content (AvgIpc) is 2.92. The Labute approximate surface area is 214 Å². The van der Waals surface area contributed by atoms with Crippen LogP contribution in [0.25, 0.3) is 11.4 Å². The average molecular weight is 486 g/mol. The second-order valence-corrected chi connectivity index (χ2v) is 8.87. The van der Waals surface area contributed by atoms with Crippen LogP contribution in [0.4, 0.5) is 0 Å². The zero-order valence-electron chi connectivity index (χ0n) is 21.3. The van der Waals surface area contributed by atoms with E-state index in [2.05, 4.69) is 29.9 Å². The van der Waals surface area contributed by atoms with Gasteiger partial charge in [0.25, 0.3) is 0 Å². The highest BCUT2D eigenvalue weighted by molar-refractivity contribution is 5.91. The standard InChI is InChI=1S/C30H35N3O3/c1-3-5-7-9-11-23-21-32-29(33-22-23)24-12-15-27(16-13-24)36-30(34)25-14-17-28(26(19-25)20-31)35-18-10-8-6-4-2/h12-17,19,21-22H,3-11,18H2,1-2H3. The Morgan fingerprint density at radius 2 is 1.58 bits per heavy atom. The van der Waals surface area contributed by atoms with E-state index >= 15 is 0 Å². The molecule has 0 bridgehead atoms. The summed E-state index contributed by atoms with van der Waals surface area (Å²) < 4.78 is 11.2. The molecule has 6 nitrogen and oxygen atoms in total. The number of carbonyl (C=O) groups excluding carboxylic acids is 1. The summed E-state index contributed by atoms with van der Waals surface area (Å²) >= 11 is 0. The van der Waals surface area contributed by atoms with E-state index in [1.165, 1.54) is 31.7 Å². The maximum absolute atomic E-state index is 12.6. The maximum atomic E-state index is 12.6. The summed E-state index contributed by atoms with van der Waals surface area (Å²) in [6, 6.07) is 14.0. The van der Waals surface area contributed by atoms with Crippen LogP contribution in [-0.2, 0) is 6.42 Å². The number of unbranched alkanes of at least 4 members (excludes halogenated alkanes) is 6. The minimum atomic E-state index is -0.530. The van der Waals surface area contributed by atoms with E-state index in [0.717, 1.165) is 43.2 Å². The van der Waals surface area contributed by atoms with Gasteiger partial charge >= 0.3 is 5.97 Å². The van der Waals surface area contributed by atoms with Gasteiger partial charge in [0.1, 0.15) is 17.6 Å². The molecule has 3 rings (SSSR count). The molecule has 0 saturated heterocycles. The summed E-state index contributed by atoms with van der Waals surface area (Å²) in [5.41, 5.74) is 2.61. The van der Waals surface area contributed by atoms with Crippen LogP contribution in [0.15, 0.2) is 54.9 Å². The Kier molecular flexibility index (Phi) is 10.9. The predicted octanol–water partition coefficient (Wildman–Crippen LogP) is 7.32. The first-order valence-electron chi connectivity index (χ1n) is 12.9. The number of esters is 1. The molecular formula is C30H35N3O3. The van der Waals surface area contributed by atoms with Crippen molar-refractivity contribution >= 4 is 5.97 Å². The van der Waals surface area contributed by atoms with Gasteiger partial charge in [0, 0.05) is 18.0 Å². The second-order valence-electron chi connectivity index (χ2n) is 8.87. The number of rotatable bonds is 14. The van der Waals surface area contributed by atoms with Crippen molar-refractivity contribution in [2.24, 2.45) is 0 Å². The van der Waals surface area contributed by atoms with E-state index < -0.39 is 5.97 Å². The molecule has 2 aromatic carbocycles. The van der Waals surface area contributed by atoms with Crippen molar-refractivity contribution in [3.8, 4) is 29.0 Å². The lowest BCUT2D eigenvalue weighted by Crippen LogP contribution is -2.09. The van der Waals surface area contributed by atoms with Gasteiger partial charge in [-0.05, 0) is 67.3 Å². The fraction of sp³-hybridized carbons (Fsp3) is 0.400. The smallest absolute Gasteiger partial charge is 0.343 e. The molecule has 3 aromatic rings. The lowest BCUT2D eigenvalue weighted by Gasteiger charge is -2.10. The van der Waals surface area contributed by atoms with Crippen LogP contribution in [0.5, 0.6) is 11.5 Å². The van der Waals surface area contributed by atoms with Crippen molar-refractivity contribution in [3.63, 3.8) is 0 Å². The van der Waals surface area contributed by atoms with E-state index in [0.29, 0.717) is 35.1 Å². The Balaban J connectivity index is 1.56. The van der Waals surface area contributed by atoms with Crippen LogP contribution in [0.1, 0.15) is 86.7 Å². The van der Waals surface area contributed by atoms with Crippen LogP contribution in [-0.4, -0.2) is 22.5 Å². The van der Waals surface area contributed by atoms with Gasteiger partial charge < -0.3 is 9.47 Å². The third-order valence-electron chi connectivity index (χ3n) is 5.94. The van der Waals surface area contributed by atoms with Crippen LogP contribution >= 0.6 is 0 Å². The number of nitriles is 1. The van der Waals surface area contributed by atoms with Crippen molar-refractivity contribution < 1.29 is 14.3 Å². The second kappa shape index (κ2) is 14.6. The fourth-order valence-electron chi connectivity index (χ4n) is 3.81. The number of benzene rings is 2. The first-order chi connectivity index (χ1) is 17.6. The van der Waals surface area contributed by atoms with Gasteiger partial charge in [0.2, 0.25) is 0 Å². The van der Waals surface area contributed by atoms with Crippen molar-refractivity contribution in [1.29, 1.82) is 5.26 Å². The van der Waals surface area contributed by atoms with Crippen LogP contribution in [0.2, 0.25) is 0 Å². The van der Waals surface area contributed by atoms with Crippen molar-refractivity contribution in [3.05, 3.63) is 71.5 Å². The topological polar surface area (TPSA) is 85.1 Å². The zero-order valence-corrected chi connectivity index (χ0v) is 21.3. The maximum Gasteiger partial charge on any atom is 0.343 e. The van der Waals surface area contributed by atoms with Gasteiger partial charge in [-0.25, -0.2) is 14.8 Å². The van der Waals surface area contributed by atoms with Gasteiger partial charge in [-0.1, -0.05) is 52.4 Å². The predicted molar refractivity (Wildman–Crippen MR) is 141 cm³/mol. The summed E-state index contributed by atoms with van der Waals surface area (Å²) in [7, 11) is 0. The van der Waals surface area contributed by atoms with Crippen LogP contribution in [0.3, 0.4) is 0 Å². The first-order valence-corrected chi connectivity index (χ1v) is 12.9. The van der Waals surface area contributed by atoms with Crippen molar-refractivity contribution in [1.82, 2.24) is 9.97 Å². The number of carbonyl (C=O) groups is 1. The molecule has 0 aliphatic carbocycles. The summed E-state index contributed by atoms with van der Waals surface area (Å²) in [4.78, 5) is 21.6. The van der Waals surface area contributed by atoms with Gasteiger partial charge in [0.15, 0.2) is 5.82 Å². The number of nitrogens with zero attached hydrogens (tertiary/aromatic N) is 3. The Morgan fingerprint density at radius 3 is 2.25 bits per heavy atom. The van der Waals surface area contributed by atoms with Crippen LogP contribution < -0.4 is 9.47 Å². The molecule has 0 aliphatic rings. The third-order valence-corrected chi connectivity index (χ3v) is 5.94. The lowest BCUT2D eigenvalue weighted by atomic mass is 10.1. The largest absolute Gasteiger partial charge is 0.492 e. The summed E-state index contributed by atoms with van der Waals surface area (Å²) in [6.45, 7) is 4.91. The van der Waals surface area contributed by atoms with Gasteiger partial charge in [-0.15, -0.1) is 0 Å². The first kappa shape index (κ1) is 26.9. The normalized spacial score (nSPS) is 10.6. The van der Waals surface area contributed by atoms with Gasteiger partial charge in [-0.3, -0.25) is 0 Å². The van der Waals surface area contributed by atoms with E-state index in [9.17, 15) is 10.1 Å². The lowest BCUT2D eigenvalue weighted by molar-refractivity contribution is 0.0734. The summed E-state index contributed by atoms with van der Waals surface area (Å²) in [5.74, 6) is 1.000. The van der Waals surface area contributed by atoms with E-state index in [4.69, 9.17) is 9.47 Å². The summed E-state index contributed by atoms with van der Waals surface area (Å²) in [6.07, 6.45) is 14.0. The minimum Gasteiger partial charge on any atom is -0.492 e. The molecule has 1 heterocycles. The van der Waals surface area contributed by atoms with Gasteiger partial charge in [-0.2, -0.15) is 5.26 Å². The molecule has 36 heavy (non-hydrogen) atoms. The van der Waals surface area contributed by atoms with E-state index in [1.807, 2.05) is 24.5 Å². The highest BCUT2D eigenvalue weighted by atomic mass is 16.5. The van der Waals surface area contributed by atoms with E-state index in [-0.39, 0.29) is 0 Å². The molecule has 0 unspecified atom stereocenters. The Bertz CT molecular complexity index is 1140. The highest BCUT2D eigenvalue weighted by Gasteiger charge is 2.13. The minimum absolute atomic E-state index is 0.298. The molecule has 0 atom stereocenters.